The highest BCUT2D eigenvalue weighted by molar-refractivity contribution is 6.42. The van der Waals surface area contributed by atoms with E-state index >= 15 is 0 Å². The van der Waals surface area contributed by atoms with E-state index in [1.165, 1.54) is 12.3 Å². The summed E-state index contributed by atoms with van der Waals surface area (Å²) in [5, 5.41) is 3.59. The smallest absolute Gasteiger partial charge is 0.291 e. The predicted octanol–water partition coefficient (Wildman–Crippen LogP) is 6.99. The van der Waals surface area contributed by atoms with Crippen molar-refractivity contribution in [1.82, 2.24) is 0 Å². The molecule has 1 amide bonds. The number of allylic oxidation sites excluding steroid dienone is 1. The van der Waals surface area contributed by atoms with Crippen LogP contribution in [0.2, 0.25) is 10.0 Å². The zero-order valence-corrected chi connectivity index (χ0v) is 17.5. The highest BCUT2D eigenvalue weighted by Crippen LogP contribution is 2.29. The zero-order valence-electron chi connectivity index (χ0n) is 16.0. The fraction of sp³-hybridized carbons (Fsp3) is 0. The van der Waals surface area contributed by atoms with E-state index in [1.807, 2.05) is 0 Å². The third-order valence-corrected chi connectivity index (χ3v) is 5.12. The van der Waals surface area contributed by atoms with Gasteiger partial charge in [0.1, 0.15) is 11.5 Å². The molecule has 5 nitrogen and oxygen atoms in total. The monoisotopic (exact) mass is 451 g/mol. The number of carbonyl (C=O) groups excluding carboxylic acids is 2. The van der Waals surface area contributed by atoms with Crippen molar-refractivity contribution < 1.29 is 18.4 Å². The van der Waals surface area contributed by atoms with Crippen molar-refractivity contribution >= 4 is 46.7 Å². The summed E-state index contributed by atoms with van der Waals surface area (Å²) >= 11 is 12.0. The summed E-state index contributed by atoms with van der Waals surface area (Å²) < 4.78 is 10.8. The van der Waals surface area contributed by atoms with Crippen molar-refractivity contribution in [2.45, 2.75) is 0 Å². The van der Waals surface area contributed by atoms with Crippen molar-refractivity contribution in [2.24, 2.45) is 0 Å². The first kappa shape index (κ1) is 20.7. The maximum Gasteiger partial charge on any atom is 0.291 e. The van der Waals surface area contributed by atoms with E-state index < -0.39 is 5.91 Å². The van der Waals surface area contributed by atoms with Gasteiger partial charge in [0.25, 0.3) is 5.91 Å². The number of furan rings is 2. The molecule has 154 valence electrons. The molecule has 7 heteroatoms. The van der Waals surface area contributed by atoms with Crippen LogP contribution in [0.3, 0.4) is 0 Å². The Morgan fingerprint density at radius 1 is 0.903 bits per heavy atom. The number of nitrogens with one attached hydrogen (secondary N) is 1. The van der Waals surface area contributed by atoms with Gasteiger partial charge in [0.05, 0.1) is 16.3 Å². The lowest BCUT2D eigenvalue weighted by Crippen LogP contribution is -2.11. The van der Waals surface area contributed by atoms with E-state index in [4.69, 9.17) is 32.0 Å². The summed E-state index contributed by atoms with van der Waals surface area (Å²) in [4.78, 5) is 24.6. The van der Waals surface area contributed by atoms with E-state index in [0.29, 0.717) is 32.8 Å². The Bertz CT molecular complexity index is 1270. The molecule has 2 heterocycles. The number of amides is 1. The molecule has 2 aromatic carbocycles. The average molecular weight is 452 g/mol. The Balaban J connectivity index is 1.45. The molecule has 4 rings (SSSR count). The molecule has 0 saturated carbocycles. The number of hydrogen-bond acceptors (Lipinski definition) is 4. The van der Waals surface area contributed by atoms with Crippen LogP contribution in [0, 0.1) is 0 Å². The Hall–Kier alpha value is -3.54. The summed E-state index contributed by atoms with van der Waals surface area (Å²) in [5.74, 6) is 0.675. The van der Waals surface area contributed by atoms with Crippen LogP contribution in [-0.4, -0.2) is 11.7 Å². The number of rotatable bonds is 6. The van der Waals surface area contributed by atoms with Crippen LogP contribution in [0.1, 0.15) is 26.7 Å². The minimum Gasteiger partial charge on any atom is -0.459 e. The van der Waals surface area contributed by atoms with E-state index in [2.05, 4.69) is 5.32 Å². The normalized spacial score (nSPS) is 11.0. The van der Waals surface area contributed by atoms with E-state index in [-0.39, 0.29) is 11.5 Å². The summed E-state index contributed by atoms with van der Waals surface area (Å²) in [7, 11) is 0. The molecule has 2 aromatic heterocycles. The van der Waals surface area contributed by atoms with Gasteiger partial charge in [-0.2, -0.15) is 0 Å². The lowest BCUT2D eigenvalue weighted by molar-refractivity contribution is 0.0994. The largest absolute Gasteiger partial charge is 0.459 e. The molecule has 0 saturated heterocycles. The SMILES string of the molecule is O=C(/C=C/c1ccc(-c2ccc(Cl)c(Cl)c2)o1)c1cccc(NC(=O)c2ccco2)c1. The van der Waals surface area contributed by atoms with Crippen LogP contribution in [0.15, 0.2) is 87.9 Å². The first-order valence-corrected chi connectivity index (χ1v) is 9.98. The number of ketones is 1. The first-order valence-electron chi connectivity index (χ1n) is 9.22. The Kier molecular flexibility index (Phi) is 6.07. The minimum atomic E-state index is -0.393. The second-order valence-corrected chi connectivity index (χ2v) is 7.36. The van der Waals surface area contributed by atoms with Gasteiger partial charge < -0.3 is 14.2 Å². The maximum atomic E-state index is 12.6. The molecular formula is C24H15Cl2NO4. The van der Waals surface area contributed by atoms with Crippen LogP contribution in [0.4, 0.5) is 5.69 Å². The van der Waals surface area contributed by atoms with Crippen LogP contribution in [-0.2, 0) is 0 Å². The molecule has 0 unspecified atom stereocenters. The first-order chi connectivity index (χ1) is 15.0. The molecule has 0 bridgehead atoms. The molecule has 0 fully saturated rings. The van der Waals surface area contributed by atoms with Gasteiger partial charge in [-0.15, -0.1) is 0 Å². The third-order valence-electron chi connectivity index (χ3n) is 4.38. The molecule has 31 heavy (non-hydrogen) atoms. The third kappa shape index (κ3) is 4.97. The Labute approximate surface area is 187 Å². The van der Waals surface area contributed by atoms with Crippen molar-refractivity contribution in [3.63, 3.8) is 0 Å². The quantitative estimate of drug-likeness (QED) is 0.253. The van der Waals surface area contributed by atoms with Crippen LogP contribution < -0.4 is 5.32 Å². The molecule has 0 atom stereocenters. The summed E-state index contributed by atoms with van der Waals surface area (Å²) in [6, 6.07) is 18.6. The molecular weight excluding hydrogens is 437 g/mol. The van der Waals surface area contributed by atoms with Crippen molar-refractivity contribution in [2.75, 3.05) is 5.32 Å². The van der Waals surface area contributed by atoms with E-state index in [9.17, 15) is 9.59 Å². The molecule has 0 spiro atoms. The van der Waals surface area contributed by atoms with Gasteiger partial charge in [-0.25, -0.2) is 0 Å². The topological polar surface area (TPSA) is 72.5 Å². The fourth-order valence-electron chi connectivity index (χ4n) is 2.85. The maximum absolute atomic E-state index is 12.6. The molecule has 4 aromatic rings. The van der Waals surface area contributed by atoms with Gasteiger partial charge in [-0.05, 0) is 66.7 Å². The van der Waals surface area contributed by atoms with E-state index in [1.54, 1.807) is 72.8 Å². The predicted molar refractivity (Wildman–Crippen MR) is 121 cm³/mol. The second kappa shape index (κ2) is 9.08. The van der Waals surface area contributed by atoms with Crippen LogP contribution in [0.25, 0.3) is 17.4 Å². The Morgan fingerprint density at radius 3 is 2.55 bits per heavy atom. The number of hydrogen-bond donors (Lipinski definition) is 1. The number of anilines is 1. The average Bonchev–Trinajstić information content (AvgIpc) is 3.46. The standard InChI is InChI=1S/C24H15Cl2NO4/c25-19-9-6-16(14-20(19)26)22-11-8-18(31-22)7-10-21(28)15-3-1-4-17(13-15)27-24(29)23-5-2-12-30-23/h1-14H,(H,27,29)/b10-7+. The van der Waals surface area contributed by atoms with Gasteiger partial charge in [0, 0.05) is 16.8 Å². The van der Waals surface area contributed by atoms with Crippen LogP contribution >= 0.6 is 23.2 Å². The number of benzene rings is 2. The second-order valence-electron chi connectivity index (χ2n) is 6.54. The highest BCUT2D eigenvalue weighted by Gasteiger charge is 2.11. The summed E-state index contributed by atoms with van der Waals surface area (Å²) in [6.07, 6.45) is 4.41. The van der Waals surface area contributed by atoms with Crippen molar-refractivity contribution in [3.8, 4) is 11.3 Å². The lowest BCUT2D eigenvalue weighted by atomic mass is 10.1. The van der Waals surface area contributed by atoms with Crippen molar-refractivity contribution in [3.05, 3.63) is 106 Å². The highest BCUT2D eigenvalue weighted by atomic mass is 35.5. The van der Waals surface area contributed by atoms with Gasteiger partial charge in [-0.3, -0.25) is 9.59 Å². The van der Waals surface area contributed by atoms with Gasteiger partial charge in [0.15, 0.2) is 11.5 Å². The summed E-state index contributed by atoms with van der Waals surface area (Å²) in [5.41, 5.74) is 1.69. The molecule has 0 radical (unpaired) electrons. The zero-order chi connectivity index (χ0) is 21.8. The number of carbonyl (C=O) groups is 2. The Morgan fingerprint density at radius 2 is 1.77 bits per heavy atom. The molecule has 0 aliphatic heterocycles. The summed E-state index contributed by atoms with van der Waals surface area (Å²) in [6.45, 7) is 0. The minimum absolute atomic E-state index is 0.187. The van der Waals surface area contributed by atoms with Gasteiger partial charge >= 0.3 is 0 Å². The fourth-order valence-corrected chi connectivity index (χ4v) is 3.15. The van der Waals surface area contributed by atoms with Gasteiger partial charge in [-0.1, -0.05) is 35.3 Å². The lowest BCUT2D eigenvalue weighted by Gasteiger charge is -2.04. The van der Waals surface area contributed by atoms with Gasteiger partial charge in [0.2, 0.25) is 0 Å². The molecule has 0 aliphatic carbocycles. The molecule has 1 N–H and O–H groups in total. The van der Waals surface area contributed by atoms with Crippen LogP contribution in [0.5, 0.6) is 0 Å². The van der Waals surface area contributed by atoms with Crippen molar-refractivity contribution in [1.29, 1.82) is 0 Å². The molecule has 0 aliphatic rings. The number of halogens is 2. The van der Waals surface area contributed by atoms with E-state index in [0.717, 1.165) is 5.56 Å².